The molecule has 1 heteroatoms. The molecule has 1 aliphatic carbocycles. The molecule has 1 fully saturated rings. The average Bonchev–Trinajstić information content (AvgIpc) is 2.79. The van der Waals surface area contributed by atoms with Gasteiger partial charge in [0.15, 0.2) is 0 Å². The lowest BCUT2D eigenvalue weighted by Crippen LogP contribution is -2.17. The minimum Gasteiger partial charge on any atom is -0.122 e. The van der Waals surface area contributed by atoms with Crippen LogP contribution in [-0.4, -0.2) is 5.25 Å². The van der Waals surface area contributed by atoms with E-state index in [1.807, 2.05) is 0 Å². The Hall–Kier alpha value is -0.430. The quantitative estimate of drug-likeness (QED) is 0.631. The van der Waals surface area contributed by atoms with Crippen LogP contribution in [0.3, 0.4) is 0 Å². The molecule has 0 spiro atoms. The molecular formula is C19H29S. The van der Waals surface area contributed by atoms with Crippen molar-refractivity contribution in [2.45, 2.75) is 81.8 Å². The highest BCUT2D eigenvalue weighted by Crippen LogP contribution is 2.41. The molecule has 1 unspecified atom stereocenters. The third-order valence-corrected chi connectivity index (χ3v) is 5.40. The summed E-state index contributed by atoms with van der Waals surface area (Å²) >= 11 is 2.07. The van der Waals surface area contributed by atoms with Crippen molar-refractivity contribution in [1.82, 2.24) is 0 Å². The van der Waals surface area contributed by atoms with E-state index in [1.54, 1.807) is 0 Å². The van der Waals surface area contributed by atoms with Crippen LogP contribution < -0.4 is 0 Å². The summed E-state index contributed by atoms with van der Waals surface area (Å²) in [7, 11) is 0. The Labute approximate surface area is 129 Å². The predicted molar refractivity (Wildman–Crippen MR) is 91.6 cm³/mol. The van der Waals surface area contributed by atoms with Gasteiger partial charge in [-0.3, -0.25) is 0 Å². The van der Waals surface area contributed by atoms with Crippen molar-refractivity contribution in [2.75, 3.05) is 0 Å². The standard InChI is InChI=1S/C19H29S/c1-18(2,3)14-11-12-17(16(13-14)19(4,5)6)20-15-9-7-8-10-15/h9,11-13,15H,7-8,10H2,1-6H3. The molecule has 1 aromatic rings. The number of benzene rings is 1. The molecule has 1 aromatic carbocycles. The largest absolute Gasteiger partial charge is 0.122 e. The highest BCUT2D eigenvalue weighted by Gasteiger charge is 2.25. The van der Waals surface area contributed by atoms with Crippen molar-refractivity contribution < 1.29 is 0 Å². The molecule has 111 valence electrons. The third kappa shape index (κ3) is 3.81. The van der Waals surface area contributed by atoms with Crippen molar-refractivity contribution in [1.29, 1.82) is 0 Å². The fourth-order valence-electron chi connectivity index (χ4n) is 2.70. The lowest BCUT2D eigenvalue weighted by atomic mass is 9.81. The third-order valence-electron chi connectivity index (χ3n) is 4.05. The van der Waals surface area contributed by atoms with Crippen LogP contribution in [0.4, 0.5) is 0 Å². The van der Waals surface area contributed by atoms with E-state index in [0.717, 1.165) is 5.25 Å². The molecule has 0 heterocycles. The maximum absolute atomic E-state index is 2.49. The maximum atomic E-state index is 2.49. The monoisotopic (exact) mass is 289 g/mol. The van der Waals surface area contributed by atoms with Gasteiger partial charge >= 0.3 is 0 Å². The van der Waals surface area contributed by atoms with Gasteiger partial charge in [0.25, 0.3) is 0 Å². The van der Waals surface area contributed by atoms with Crippen LogP contribution in [0, 0.1) is 6.42 Å². The Balaban J connectivity index is 2.35. The molecule has 0 nitrogen and oxygen atoms in total. The average molecular weight is 290 g/mol. The Bertz CT molecular complexity index is 454. The van der Waals surface area contributed by atoms with Gasteiger partial charge in [0, 0.05) is 10.1 Å². The zero-order valence-electron chi connectivity index (χ0n) is 13.9. The Morgan fingerprint density at radius 1 is 1.00 bits per heavy atom. The zero-order chi connectivity index (χ0) is 15.0. The molecule has 0 N–H and O–H groups in total. The summed E-state index contributed by atoms with van der Waals surface area (Å²) in [5.41, 5.74) is 3.39. The van der Waals surface area contributed by atoms with E-state index in [0.29, 0.717) is 0 Å². The first kappa shape index (κ1) is 15.9. The molecular weight excluding hydrogens is 260 g/mol. The second-order valence-electron chi connectivity index (χ2n) is 8.03. The minimum absolute atomic E-state index is 0.211. The first-order valence-electron chi connectivity index (χ1n) is 7.83. The van der Waals surface area contributed by atoms with Crippen molar-refractivity contribution >= 4 is 11.8 Å². The van der Waals surface area contributed by atoms with Gasteiger partial charge in [0.1, 0.15) is 0 Å². The van der Waals surface area contributed by atoms with E-state index in [2.05, 4.69) is 77.9 Å². The van der Waals surface area contributed by atoms with Crippen LogP contribution in [0.1, 0.15) is 71.9 Å². The summed E-state index contributed by atoms with van der Waals surface area (Å²) in [5, 5.41) is 0.719. The van der Waals surface area contributed by atoms with Crippen molar-refractivity contribution in [2.24, 2.45) is 0 Å². The molecule has 0 aromatic heterocycles. The lowest BCUT2D eigenvalue weighted by molar-refractivity contribution is 0.559. The molecule has 2 rings (SSSR count). The highest BCUT2D eigenvalue weighted by molar-refractivity contribution is 8.00. The van der Waals surface area contributed by atoms with Gasteiger partial charge in [-0.05, 0) is 47.3 Å². The smallest absolute Gasteiger partial charge is 0.0126 e. The van der Waals surface area contributed by atoms with Crippen LogP contribution in [0.15, 0.2) is 23.1 Å². The summed E-state index contributed by atoms with van der Waals surface area (Å²) in [6, 6.07) is 7.13. The normalized spacial score (nSPS) is 17.7. The van der Waals surface area contributed by atoms with Gasteiger partial charge in [-0.15, -0.1) is 11.8 Å². The molecule has 1 saturated carbocycles. The van der Waals surface area contributed by atoms with Gasteiger partial charge in [0.05, 0.1) is 0 Å². The van der Waals surface area contributed by atoms with Gasteiger partial charge in [-0.2, -0.15) is 0 Å². The number of hydrogen-bond acceptors (Lipinski definition) is 1. The molecule has 1 radical (unpaired) electrons. The van der Waals surface area contributed by atoms with Crippen LogP contribution in [-0.2, 0) is 10.8 Å². The molecule has 0 amide bonds. The van der Waals surface area contributed by atoms with Gasteiger partial charge in [-0.1, -0.05) is 60.1 Å². The molecule has 0 bridgehead atoms. The zero-order valence-corrected chi connectivity index (χ0v) is 14.7. The van der Waals surface area contributed by atoms with Crippen molar-refractivity contribution in [3.8, 4) is 0 Å². The van der Waals surface area contributed by atoms with E-state index < -0.39 is 0 Å². The van der Waals surface area contributed by atoms with E-state index in [1.165, 1.54) is 35.3 Å². The number of hydrogen-bond donors (Lipinski definition) is 0. The Kier molecular flexibility index (Phi) is 4.59. The summed E-state index contributed by atoms with van der Waals surface area (Å²) in [6.45, 7) is 13.9. The summed E-state index contributed by atoms with van der Waals surface area (Å²) < 4.78 is 0. The van der Waals surface area contributed by atoms with E-state index in [-0.39, 0.29) is 10.8 Å². The maximum Gasteiger partial charge on any atom is 0.0126 e. The van der Waals surface area contributed by atoms with Crippen LogP contribution in [0.2, 0.25) is 0 Å². The first-order chi connectivity index (χ1) is 9.18. The molecule has 0 saturated heterocycles. The molecule has 1 aliphatic rings. The van der Waals surface area contributed by atoms with Gasteiger partial charge < -0.3 is 0 Å². The summed E-state index contributed by atoms with van der Waals surface area (Å²) in [4.78, 5) is 1.48. The number of thioether (sulfide) groups is 1. The van der Waals surface area contributed by atoms with Crippen LogP contribution >= 0.6 is 11.8 Å². The summed E-state index contributed by atoms with van der Waals surface area (Å²) in [5.74, 6) is 0. The highest BCUT2D eigenvalue weighted by atomic mass is 32.2. The molecule has 1 atom stereocenters. The second-order valence-corrected chi connectivity index (χ2v) is 9.31. The van der Waals surface area contributed by atoms with Crippen molar-refractivity contribution in [3.63, 3.8) is 0 Å². The fourth-order valence-corrected chi connectivity index (χ4v) is 4.18. The molecule has 0 aliphatic heterocycles. The Morgan fingerprint density at radius 3 is 2.20 bits per heavy atom. The first-order valence-corrected chi connectivity index (χ1v) is 8.71. The van der Waals surface area contributed by atoms with Gasteiger partial charge in [0.2, 0.25) is 0 Å². The van der Waals surface area contributed by atoms with Crippen LogP contribution in [0.5, 0.6) is 0 Å². The second kappa shape index (κ2) is 5.75. The Morgan fingerprint density at radius 2 is 1.70 bits per heavy atom. The number of rotatable bonds is 2. The van der Waals surface area contributed by atoms with Gasteiger partial charge in [-0.25, -0.2) is 0 Å². The summed E-state index contributed by atoms with van der Waals surface area (Å²) in [6.07, 6.45) is 6.50. The fraction of sp³-hybridized carbons (Fsp3) is 0.632. The topological polar surface area (TPSA) is 0 Å². The predicted octanol–water partition coefficient (Wildman–Crippen LogP) is 6.13. The minimum atomic E-state index is 0.211. The van der Waals surface area contributed by atoms with E-state index >= 15 is 0 Å². The van der Waals surface area contributed by atoms with Crippen molar-refractivity contribution in [3.05, 3.63) is 35.7 Å². The lowest BCUT2D eigenvalue weighted by Gasteiger charge is -2.28. The van der Waals surface area contributed by atoms with E-state index in [4.69, 9.17) is 0 Å². The van der Waals surface area contributed by atoms with Crippen LogP contribution in [0.25, 0.3) is 0 Å². The molecule has 20 heavy (non-hydrogen) atoms. The van der Waals surface area contributed by atoms with E-state index in [9.17, 15) is 0 Å². The SMILES string of the molecule is CC(C)(C)c1ccc(SC2[CH]CCC2)c(C(C)(C)C)c1.